The molecule has 1 aromatic rings. The molecule has 2 atom stereocenters. The van der Waals surface area contributed by atoms with Crippen LogP contribution in [0.4, 0.5) is 18.9 Å². The van der Waals surface area contributed by atoms with Crippen LogP contribution in [0.2, 0.25) is 0 Å². The Labute approximate surface area is 110 Å². The lowest BCUT2D eigenvalue weighted by molar-refractivity contribution is -0.137. The number of nitrogens with one attached hydrogen (secondary N) is 1. The van der Waals surface area contributed by atoms with Crippen molar-refractivity contribution in [3.05, 3.63) is 29.8 Å². The van der Waals surface area contributed by atoms with Gasteiger partial charge in [0, 0.05) is 11.7 Å². The zero-order chi connectivity index (χ0) is 13.9. The SMILES string of the molecule is N#CC1CCCCC1Nc1cccc(C(F)(F)F)c1. The van der Waals surface area contributed by atoms with Crippen molar-refractivity contribution in [3.63, 3.8) is 0 Å². The number of nitriles is 1. The van der Waals surface area contributed by atoms with Gasteiger partial charge in [-0.3, -0.25) is 0 Å². The Bertz CT molecular complexity index is 476. The predicted octanol–water partition coefficient (Wildman–Crippen LogP) is 4.20. The van der Waals surface area contributed by atoms with Crippen molar-refractivity contribution in [2.45, 2.75) is 37.9 Å². The topological polar surface area (TPSA) is 35.8 Å². The molecule has 0 aromatic heterocycles. The van der Waals surface area contributed by atoms with Gasteiger partial charge in [-0.1, -0.05) is 18.9 Å². The average molecular weight is 268 g/mol. The van der Waals surface area contributed by atoms with E-state index in [1.807, 2.05) is 0 Å². The first kappa shape index (κ1) is 13.7. The molecule has 0 saturated heterocycles. The van der Waals surface area contributed by atoms with Crippen LogP contribution in [0.25, 0.3) is 0 Å². The molecular formula is C14H15F3N2. The Morgan fingerprint density at radius 1 is 1.21 bits per heavy atom. The number of rotatable bonds is 2. The summed E-state index contributed by atoms with van der Waals surface area (Å²) in [5.74, 6) is -0.122. The summed E-state index contributed by atoms with van der Waals surface area (Å²) in [6, 6.07) is 7.32. The van der Waals surface area contributed by atoms with Gasteiger partial charge in [0.25, 0.3) is 0 Å². The third kappa shape index (κ3) is 3.40. The van der Waals surface area contributed by atoms with Gasteiger partial charge in [-0.15, -0.1) is 0 Å². The fourth-order valence-electron chi connectivity index (χ4n) is 2.46. The van der Waals surface area contributed by atoms with Crippen molar-refractivity contribution in [1.29, 1.82) is 5.26 Å². The van der Waals surface area contributed by atoms with Gasteiger partial charge in [0.2, 0.25) is 0 Å². The zero-order valence-corrected chi connectivity index (χ0v) is 10.4. The summed E-state index contributed by atoms with van der Waals surface area (Å²) in [7, 11) is 0. The molecule has 19 heavy (non-hydrogen) atoms. The van der Waals surface area contributed by atoms with Crippen LogP contribution in [0.15, 0.2) is 24.3 Å². The molecule has 2 rings (SSSR count). The largest absolute Gasteiger partial charge is 0.416 e. The lowest BCUT2D eigenvalue weighted by Crippen LogP contribution is -2.31. The Hall–Kier alpha value is -1.70. The smallest absolute Gasteiger partial charge is 0.381 e. The summed E-state index contributed by atoms with van der Waals surface area (Å²) >= 11 is 0. The van der Waals surface area contributed by atoms with E-state index in [2.05, 4.69) is 11.4 Å². The first-order chi connectivity index (χ1) is 9.00. The summed E-state index contributed by atoms with van der Waals surface area (Å²) in [5.41, 5.74) is -0.233. The fraction of sp³-hybridized carbons (Fsp3) is 0.500. The highest BCUT2D eigenvalue weighted by molar-refractivity contribution is 5.47. The van der Waals surface area contributed by atoms with E-state index >= 15 is 0 Å². The summed E-state index contributed by atoms with van der Waals surface area (Å²) < 4.78 is 37.8. The van der Waals surface area contributed by atoms with E-state index in [1.165, 1.54) is 6.07 Å². The van der Waals surface area contributed by atoms with Crippen LogP contribution in [0.5, 0.6) is 0 Å². The Morgan fingerprint density at radius 2 is 1.95 bits per heavy atom. The van der Waals surface area contributed by atoms with E-state index in [1.54, 1.807) is 6.07 Å². The molecule has 1 aliphatic carbocycles. The first-order valence-corrected chi connectivity index (χ1v) is 6.34. The summed E-state index contributed by atoms with van der Waals surface area (Å²) in [4.78, 5) is 0. The normalized spacial score (nSPS) is 23.7. The van der Waals surface area contributed by atoms with Gasteiger partial charge < -0.3 is 5.32 Å². The van der Waals surface area contributed by atoms with Crippen molar-refractivity contribution < 1.29 is 13.2 Å². The summed E-state index contributed by atoms with van der Waals surface area (Å²) in [6.07, 6.45) is -0.672. The molecule has 1 saturated carbocycles. The molecular weight excluding hydrogens is 253 g/mol. The molecule has 0 heterocycles. The second kappa shape index (κ2) is 5.52. The Morgan fingerprint density at radius 3 is 2.63 bits per heavy atom. The van der Waals surface area contributed by atoms with Crippen LogP contribution >= 0.6 is 0 Å². The maximum Gasteiger partial charge on any atom is 0.416 e. The van der Waals surface area contributed by atoms with E-state index in [4.69, 9.17) is 5.26 Å². The third-order valence-corrected chi connectivity index (χ3v) is 3.47. The van der Waals surface area contributed by atoms with Crippen molar-refractivity contribution in [2.24, 2.45) is 5.92 Å². The minimum Gasteiger partial charge on any atom is -0.381 e. The van der Waals surface area contributed by atoms with E-state index in [-0.39, 0.29) is 12.0 Å². The van der Waals surface area contributed by atoms with E-state index in [0.717, 1.165) is 37.8 Å². The van der Waals surface area contributed by atoms with Gasteiger partial charge in [0.15, 0.2) is 0 Å². The minimum atomic E-state index is -4.33. The second-order valence-electron chi connectivity index (χ2n) is 4.85. The van der Waals surface area contributed by atoms with Crippen molar-refractivity contribution in [2.75, 3.05) is 5.32 Å². The van der Waals surface area contributed by atoms with E-state index in [0.29, 0.717) is 5.69 Å². The molecule has 2 nitrogen and oxygen atoms in total. The van der Waals surface area contributed by atoms with Crippen LogP contribution in [0.3, 0.4) is 0 Å². The molecule has 0 spiro atoms. The van der Waals surface area contributed by atoms with Gasteiger partial charge in [0.1, 0.15) is 0 Å². The van der Waals surface area contributed by atoms with Gasteiger partial charge in [-0.2, -0.15) is 18.4 Å². The molecule has 5 heteroatoms. The number of halogens is 3. The number of alkyl halides is 3. The molecule has 2 unspecified atom stereocenters. The van der Waals surface area contributed by atoms with Crippen molar-refractivity contribution in [3.8, 4) is 6.07 Å². The predicted molar refractivity (Wildman–Crippen MR) is 66.4 cm³/mol. The van der Waals surface area contributed by atoms with Crippen LogP contribution < -0.4 is 5.32 Å². The van der Waals surface area contributed by atoms with Crippen LogP contribution in [0.1, 0.15) is 31.2 Å². The van der Waals surface area contributed by atoms with Crippen molar-refractivity contribution >= 4 is 5.69 Å². The fourth-order valence-corrected chi connectivity index (χ4v) is 2.46. The average Bonchev–Trinajstić information content (AvgIpc) is 2.39. The monoisotopic (exact) mass is 268 g/mol. The Balaban J connectivity index is 2.12. The summed E-state index contributed by atoms with van der Waals surface area (Å²) in [6.45, 7) is 0. The van der Waals surface area contributed by atoms with Gasteiger partial charge in [0.05, 0.1) is 17.6 Å². The molecule has 1 N–H and O–H groups in total. The standard InChI is InChI=1S/C14H15F3N2/c15-14(16,17)11-5-3-6-12(8-11)19-13-7-2-1-4-10(13)9-18/h3,5-6,8,10,13,19H,1-2,4,7H2. The van der Waals surface area contributed by atoms with Gasteiger partial charge >= 0.3 is 6.18 Å². The number of anilines is 1. The molecule has 102 valence electrons. The molecule has 1 fully saturated rings. The lowest BCUT2D eigenvalue weighted by Gasteiger charge is -2.28. The molecule has 1 aliphatic rings. The maximum atomic E-state index is 12.6. The molecule has 0 aliphatic heterocycles. The van der Waals surface area contributed by atoms with Gasteiger partial charge in [-0.25, -0.2) is 0 Å². The molecule has 1 aromatic carbocycles. The number of nitrogens with zero attached hydrogens (tertiary/aromatic N) is 1. The number of hydrogen-bond acceptors (Lipinski definition) is 2. The molecule has 0 bridgehead atoms. The van der Waals surface area contributed by atoms with E-state index < -0.39 is 11.7 Å². The lowest BCUT2D eigenvalue weighted by atomic mass is 9.85. The van der Waals surface area contributed by atoms with Crippen molar-refractivity contribution in [1.82, 2.24) is 0 Å². The summed E-state index contributed by atoms with van der Waals surface area (Å²) in [5, 5.41) is 12.1. The van der Waals surface area contributed by atoms with Gasteiger partial charge in [-0.05, 0) is 31.0 Å². The number of benzene rings is 1. The second-order valence-corrected chi connectivity index (χ2v) is 4.85. The zero-order valence-electron chi connectivity index (χ0n) is 10.4. The highest BCUT2D eigenvalue weighted by Gasteiger charge is 2.31. The quantitative estimate of drug-likeness (QED) is 0.872. The molecule has 0 amide bonds. The maximum absolute atomic E-state index is 12.6. The van der Waals surface area contributed by atoms with Crippen LogP contribution in [0, 0.1) is 17.2 Å². The number of hydrogen-bond donors (Lipinski definition) is 1. The van der Waals surface area contributed by atoms with Crippen LogP contribution in [-0.2, 0) is 6.18 Å². The Kier molecular flexibility index (Phi) is 3.98. The highest BCUT2D eigenvalue weighted by Crippen LogP contribution is 2.32. The first-order valence-electron chi connectivity index (χ1n) is 6.34. The third-order valence-electron chi connectivity index (χ3n) is 3.47. The van der Waals surface area contributed by atoms with Crippen LogP contribution in [-0.4, -0.2) is 6.04 Å². The van der Waals surface area contributed by atoms with E-state index in [9.17, 15) is 13.2 Å². The molecule has 0 radical (unpaired) electrons. The highest BCUT2D eigenvalue weighted by atomic mass is 19.4. The minimum absolute atomic E-state index is 0.0535.